The zero-order valence-electron chi connectivity index (χ0n) is 15.4. The molecule has 2 aromatic rings. The van der Waals surface area contributed by atoms with Crippen molar-refractivity contribution in [2.75, 3.05) is 18.0 Å². The lowest BCUT2D eigenvalue weighted by molar-refractivity contribution is 0.00563. The molecule has 1 amide bonds. The molecule has 0 radical (unpaired) electrons. The van der Waals surface area contributed by atoms with Crippen molar-refractivity contribution in [1.82, 2.24) is 19.9 Å². The highest BCUT2D eigenvalue weighted by Crippen LogP contribution is 2.26. The molecule has 0 spiro atoms. The van der Waals surface area contributed by atoms with Crippen molar-refractivity contribution in [2.24, 2.45) is 0 Å². The topological polar surface area (TPSA) is 71.5 Å². The van der Waals surface area contributed by atoms with E-state index in [1.54, 1.807) is 18.6 Å². The van der Waals surface area contributed by atoms with Crippen LogP contribution in [0.5, 0.6) is 0 Å². The van der Waals surface area contributed by atoms with Gasteiger partial charge in [-0.3, -0.25) is 9.88 Å². The van der Waals surface area contributed by atoms with Gasteiger partial charge in [0.25, 0.3) is 0 Å². The first-order chi connectivity index (χ1) is 11.8. The Morgan fingerprint density at radius 1 is 1.08 bits per heavy atom. The van der Waals surface area contributed by atoms with Gasteiger partial charge in [0, 0.05) is 31.7 Å². The Balaban J connectivity index is 1.83. The molecule has 134 valence electrons. The number of ether oxygens (including phenoxy) is 1. The molecule has 7 heteroatoms. The van der Waals surface area contributed by atoms with Crippen LogP contribution in [0.2, 0.25) is 0 Å². The maximum atomic E-state index is 12.5. The molecule has 0 N–H and O–H groups in total. The summed E-state index contributed by atoms with van der Waals surface area (Å²) in [7, 11) is 0. The van der Waals surface area contributed by atoms with E-state index in [0.29, 0.717) is 13.1 Å². The minimum Gasteiger partial charge on any atom is -0.444 e. The van der Waals surface area contributed by atoms with Gasteiger partial charge in [0.1, 0.15) is 11.1 Å². The first-order valence-electron chi connectivity index (χ1n) is 8.58. The molecule has 0 bridgehead atoms. The van der Waals surface area contributed by atoms with Crippen molar-refractivity contribution in [3.63, 3.8) is 0 Å². The number of anilines is 1. The van der Waals surface area contributed by atoms with Gasteiger partial charge >= 0.3 is 6.09 Å². The second-order valence-corrected chi connectivity index (χ2v) is 7.55. The number of hydrogen-bond donors (Lipinski definition) is 0. The zero-order chi connectivity index (χ0) is 18.2. The summed E-state index contributed by atoms with van der Waals surface area (Å²) >= 11 is 0. The number of nitrogens with zero attached hydrogens (tertiary/aromatic N) is 5. The number of carbonyl (C=O) groups excluding carboxylic acids is 1. The predicted molar refractivity (Wildman–Crippen MR) is 96.5 cm³/mol. The Hall–Kier alpha value is -2.44. The zero-order valence-corrected chi connectivity index (χ0v) is 15.4. The second-order valence-electron chi connectivity index (χ2n) is 7.55. The molecule has 3 rings (SSSR count). The Kier molecular flexibility index (Phi) is 4.49. The highest BCUT2D eigenvalue weighted by Gasteiger charge is 2.36. The molecular weight excluding hydrogens is 318 g/mol. The van der Waals surface area contributed by atoms with Crippen LogP contribution in [0.25, 0.3) is 11.0 Å². The van der Waals surface area contributed by atoms with Gasteiger partial charge in [-0.2, -0.15) is 0 Å². The molecule has 0 aliphatic carbocycles. The second kappa shape index (κ2) is 6.46. The fourth-order valence-corrected chi connectivity index (χ4v) is 3.28. The fraction of sp³-hybridized carbons (Fsp3) is 0.556. The van der Waals surface area contributed by atoms with Crippen LogP contribution in [-0.4, -0.2) is 56.7 Å². The summed E-state index contributed by atoms with van der Waals surface area (Å²) in [5.74, 6) is 0.813. The van der Waals surface area contributed by atoms with E-state index < -0.39 is 5.60 Å². The molecule has 0 saturated carbocycles. The number of pyridine rings is 1. The van der Waals surface area contributed by atoms with Gasteiger partial charge in [-0.1, -0.05) is 0 Å². The van der Waals surface area contributed by atoms with Crippen LogP contribution in [-0.2, 0) is 4.74 Å². The Bertz CT molecular complexity index is 756. The quantitative estimate of drug-likeness (QED) is 0.793. The molecule has 1 saturated heterocycles. The van der Waals surface area contributed by atoms with Crippen molar-refractivity contribution >= 4 is 22.9 Å². The van der Waals surface area contributed by atoms with Crippen LogP contribution in [0, 0.1) is 0 Å². The van der Waals surface area contributed by atoms with Gasteiger partial charge in [0.2, 0.25) is 0 Å². The molecule has 7 nitrogen and oxygen atoms in total. The molecule has 1 fully saturated rings. The van der Waals surface area contributed by atoms with Crippen molar-refractivity contribution in [3.05, 3.63) is 24.7 Å². The van der Waals surface area contributed by atoms with Crippen LogP contribution in [0.3, 0.4) is 0 Å². The van der Waals surface area contributed by atoms with Gasteiger partial charge in [-0.15, -0.1) is 0 Å². The number of carbonyl (C=O) groups is 1. The van der Waals surface area contributed by atoms with E-state index >= 15 is 0 Å². The largest absolute Gasteiger partial charge is 0.444 e. The molecule has 0 aromatic carbocycles. The summed E-state index contributed by atoms with van der Waals surface area (Å²) < 4.78 is 5.56. The third kappa shape index (κ3) is 3.65. The van der Waals surface area contributed by atoms with E-state index in [0.717, 1.165) is 16.9 Å². The average Bonchev–Trinajstić information content (AvgIpc) is 2.52. The number of fused-ring (bicyclic) bond motifs is 1. The Morgan fingerprint density at radius 3 is 2.36 bits per heavy atom. The van der Waals surface area contributed by atoms with Crippen LogP contribution < -0.4 is 4.90 Å². The smallest absolute Gasteiger partial charge is 0.410 e. The number of hydrogen-bond acceptors (Lipinski definition) is 6. The van der Waals surface area contributed by atoms with E-state index in [1.165, 1.54) is 0 Å². The SMILES string of the molecule is C[C@@H]1CN(c2nccc3nccnc23)C[C@H](C)N1C(=O)OC(C)(C)C. The van der Waals surface area contributed by atoms with Gasteiger partial charge in [0.05, 0.1) is 17.6 Å². The molecular formula is C18H25N5O2. The first-order valence-corrected chi connectivity index (χ1v) is 8.58. The minimum absolute atomic E-state index is 0.00678. The van der Waals surface area contributed by atoms with Gasteiger partial charge in [0.15, 0.2) is 5.82 Å². The van der Waals surface area contributed by atoms with Crippen LogP contribution >= 0.6 is 0 Å². The lowest BCUT2D eigenvalue weighted by Gasteiger charge is -2.44. The van der Waals surface area contributed by atoms with Crippen LogP contribution in [0.4, 0.5) is 10.6 Å². The van der Waals surface area contributed by atoms with Crippen LogP contribution in [0.1, 0.15) is 34.6 Å². The summed E-state index contributed by atoms with van der Waals surface area (Å²) in [6.45, 7) is 11.1. The maximum absolute atomic E-state index is 12.5. The molecule has 2 aromatic heterocycles. The van der Waals surface area contributed by atoms with Crippen molar-refractivity contribution in [1.29, 1.82) is 0 Å². The summed E-state index contributed by atoms with van der Waals surface area (Å²) in [6.07, 6.45) is 4.84. The summed E-state index contributed by atoms with van der Waals surface area (Å²) in [6, 6.07) is 1.87. The molecule has 2 atom stereocenters. The van der Waals surface area contributed by atoms with Crippen molar-refractivity contribution in [3.8, 4) is 0 Å². The maximum Gasteiger partial charge on any atom is 0.410 e. The van der Waals surface area contributed by atoms with E-state index in [1.807, 2.05) is 45.6 Å². The summed E-state index contributed by atoms with van der Waals surface area (Å²) in [4.78, 5) is 29.8. The third-order valence-electron chi connectivity index (χ3n) is 4.19. The van der Waals surface area contributed by atoms with E-state index in [4.69, 9.17) is 4.74 Å². The normalized spacial score (nSPS) is 21.5. The molecule has 1 aliphatic heterocycles. The standard InChI is InChI=1S/C18H25N5O2/c1-12-10-22(11-13(2)23(12)17(24)25-18(3,4)5)16-15-14(6-7-21-16)19-8-9-20-15/h6-9,12-13H,10-11H2,1-5H3/t12-,13+. The first kappa shape index (κ1) is 17.4. The minimum atomic E-state index is -0.500. The highest BCUT2D eigenvalue weighted by atomic mass is 16.6. The van der Waals surface area contributed by atoms with Crippen molar-refractivity contribution < 1.29 is 9.53 Å². The van der Waals surface area contributed by atoms with Gasteiger partial charge < -0.3 is 9.64 Å². The predicted octanol–water partition coefficient (Wildman–Crippen LogP) is 2.86. The molecule has 1 aliphatic rings. The van der Waals surface area contributed by atoms with Crippen molar-refractivity contribution in [2.45, 2.75) is 52.3 Å². The lowest BCUT2D eigenvalue weighted by atomic mass is 10.1. The van der Waals surface area contributed by atoms with Gasteiger partial charge in [-0.05, 0) is 40.7 Å². The number of piperazine rings is 1. The Labute approximate surface area is 148 Å². The third-order valence-corrected chi connectivity index (χ3v) is 4.19. The van der Waals surface area contributed by atoms with Gasteiger partial charge in [-0.25, -0.2) is 14.8 Å². The molecule has 3 heterocycles. The number of amides is 1. The number of aromatic nitrogens is 3. The lowest BCUT2D eigenvalue weighted by Crippen LogP contribution is -2.59. The average molecular weight is 343 g/mol. The highest BCUT2D eigenvalue weighted by molar-refractivity contribution is 5.85. The fourth-order valence-electron chi connectivity index (χ4n) is 3.28. The van der Waals surface area contributed by atoms with E-state index in [9.17, 15) is 4.79 Å². The van der Waals surface area contributed by atoms with E-state index in [-0.39, 0.29) is 18.2 Å². The summed E-state index contributed by atoms with van der Waals surface area (Å²) in [5, 5.41) is 0. The molecule has 25 heavy (non-hydrogen) atoms. The summed E-state index contributed by atoms with van der Waals surface area (Å²) in [5.41, 5.74) is 1.11. The van der Waals surface area contributed by atoms with Crippen LogP contribution in [0.15, 0.2) is 24.7 Å². The number of rotatable bonds is 1. The Morgan fingerprint density at radius 2 is 1.72 bits per heavy atom. The van der Waals surface area contributed by atoms with E-state index in [2.05, 4.69) is 19.9 Å². The monoisotopic (exact) mass is 343 g/mol. The molecule has 0 unspecified atom stereocenters.